The summed E-state index contributed by atoms with van der Waals surface area (Å²) in [5.41, 5.74) is 0. The zero-order valence-corrected chi connectivity index (χ0v) is 5.68. The van der Waals surface area contributed by atoms with Gasteiger partial charge in [0.25, 0.3) is 20.2 Å². The maximum atomic E-state index is 9.66. The molecule has 0 fully saturated rings. The van der Waals surface area contributed by atoms with Gasteiger partial charge in [-0.05, 0) is 0 Å². The molecule has 0 unspecified atom stereocenters. The van der Waals surface area contributed by atoms with Crippen LogP contribution in [0.25, 0.3) is 0 Å². The molecule has 0 amide bonds. The molecule has 0 atom stereocenters. The second-order valence-electron chi connectivity index (χ2n) is 1.28. The molecule has 0 saturated carbocycles. The van der Waals surface area contributed by atoms with E-state index < -0.39 is 25.3 Å². The molecule has 0 aliphatic rings. The van der Waals surface area contributed by atoms with Crippen LogP contribution >= 0.6 is 0 Å². The van der Waals surface area contributed by atoms with E-state index in [2.05, 4.69) is 0 Å². The fourth-order valence-corrected chi connectivity index (χ4v) is 1.69. The van der Waals surface area contributed by atoms with Crippen LogP contribution in [-0.4, -0.2) is 82.4 Å². The van der Waals surface area contributed by atoms with Crippen molar-refractivity contribution < 1.29 is 25.9 Å². The van der Waals surface area contributed by atoms with Crippen molar-refractivity contribution in [3.8, 4) is 0 Å². The Hall–Kier alpha value is 1.46. The SMILES string of the molecule is O=S(=O)(O)CS(=O)(=O)O.[KH]. The molecule has 0 heterocycles. The van der Waals surface area contributed by atoms with Gasteiger partial charge in [0.2, 0.25) is 5.08 Å². The van der Waals surface area contributed by atoms with E-state index in [1.54, 1.807) is 0 Å². The molecule has 0 aromatic heterocycles. The van der Waals surface area contributed by atoms with Crippen LogP contribution in [0.5, 0.6) is 0 Å². The van der Waals surface area contributed by atoms with E-state index in [9.17, 15) is 16.8 Å². The van der Waals surface area contributed by atoms with Crippen LogP contribution in [0.15, 0.2) is 0 Å². The quantitative estimate of drug-likeness (QED) is 0.411. The molecule has 0 aliphatic carbocycles. The Bertz CT molecular complexity index is 241. The van der Waals surface area contributed by atoms with Crippen molar-refractivity contribution >= 4 is 71.6 Å². The summed E-state index contributed by atoms with van der Waals surface area (Å²) in [4.78, 5) is 0. The van der Waals surface area contributed by atoms with Crippen LogP contribution in [0.4, 0.5) is 0 Å². The van der Waals surface area contributed by atoms with Crippen LogP contribution < -0.4 is 0 Å². The van der Waals surface area contributed by atoms with E-state index >= 15 is 0 Å². The van der Waals surface area contributed by atoms with E-state index in [4.69, 9.17) is 9.11 Å². The molecular formula is CH5KO6S2. The van der Waals surface area contributed by atoms with Gasteiger partial charge in [-0.2, -0.15) is 16.8 Å². The summed E-state index contributed by atoms with van der Waals surface area (Å²) >= 11 is 0. The molecule has 0 aliphatic heterocycles. The zero-order valence-electron chi connectivity index (χ0n) is 4.05. The van der Waals surface area contributed by atoms with Crippen LogP contribution in [-0.2, 0) is 20.2 Å². The van der Waals surface area contributed by atoms with Crippen molar-refractivity contribution in [2.75, 3.05) is 5.08 Å². The van der Waals surface area contributed by atoms with E-state index in [0.717, 1.165) is 0 Å². The van der Waals surface area contributed by atoms with Gasteiger partial charge in [0.05, 0.1) is 0 Å². The van der Waals surface area contributed by atoms with Gasteiger partial charge in [0.1, 0.15) is 0 Å². The van der Waals surface area contributed by atoms with Gasteiger partial charge < -0.3 is 0 Å². The van der Waals surface area contributed by atoms with Crippen molar-refractivity contribution in [2.45, 2.75) is 0 Å². The standard InChI is InChI=1S/CH4O6S2.K.H/c2-8(3,4)1-9(5,6)7;;/h1H2,(H,2,3,4)(H,5,6,7);;. The van der Waals surface area contributed by atoms with E-state index in [-0.39, 0.29) is 51.4 Å². The average Bonchev–Trinajstić information content (AvgIpc) is 1.14. The Balaban J connectivity index is 0. The summed E-state index contributed by atoms with van der Waals surface area (Å²) < 4.78 is 54.2. The van der Waals surface area contributed by atoms with E-state index in [1.807, 2.05) is 0 Å². The van der Waals surface area contributed by atoms with Crippen molar-refractivity contribution in [2.24, 2.45) is 0 Å². The van der Waals surface area contributed by atoms with Crippen LogP contribution in [0.2, 0.25) is 0 Å². The van der Waals surface area contributed by atoms with Crippen molar-refractivity contribution in [3.63, 3.8) is 0 Å². The molecule has 2 N–H and O–H groups in total. The Kier molecular flexibility index (Phi) is 6.27. The summed E-state index contributed by atoms with van der Waals surface area (Å²) in [6.07, 6.45) is 0. The van der Waals surface area contributed by atoms with E-state index in [1.165, 1.54) is 0 Å². The Labute approximate surface area is 101 Å². The van der Waals surface area contributed by atoms with Crippen molar-refractivity contribution in [1.29, 1.82) is 0 Å². The number of hydrogen-bond donors (Lipinski definition) is 2. The summed E-state index contributed by atoms with van der Waals surface area (Å²) in [5, 5.41) is -1.65. The fourth-order valence-electron chi connectivity index (χ4n) is 0.188. The molecule has 10 heavy (non-hydrogen) atoms. The predicted molar refractivity (Wildman–Crippen MR) is 35.1 cm³/mol. The first-order chi connectivity index (χ1) is 3.71. The van der Waals surface area contributed by atoms with Gasteiger partial charge in [-0.25, -0.2) is 0 Å². The van der Waals surface area contributed by atoms with Crippen molar-refractivity contribution in [1.82, 2.24) is 0 Å². The van der Waals surface area contributed by atoms with Crippen LogP contribution in [0.1, 0.15) is 0 Å². The first-order valence-corrected chi connectivity index (χ1v) is 4.83. The predicted octanol–water partition coefficient (Wildman–Crippen LogP) is -1.93. The molecule has 0 bridgehead atoms. The van der Waals surface area contributed by atoms with Gasteiger partial charge in [0, 0.05) is 0 Å². The fraction of sp³-hybridized carbons (Fsp3) is 1.00. The van der Waals surface area contributed by atoms with Gasteiger partial charge >= 0.3 is 51.4 Å². The number of hydrogen-bond acceptors (Lipinski definition) is 4. The first kappa shape index (κ1) is 14.0. The molecule has 0 rings (SSSR count). The molecule has 6 nitrogen and oxygen atoms in total. The normalized spacial score (nSPS) is 12.2. The maximum absolute atomic E-state index is 9.66. The summed E-state index contributed by atoms with van der Waals surface area (Å²) in [5.74, 6) is 0. The molecule has 0 aromatic rings. The Morgan fingerprint density at radius 2 is 1.10 bits per heavy atom. The van der Waals surface area contributed by atoms with Gasteiger partial charge in [0.15, 0.2) is 0 Å². The Morgan fingerprint density at radius 1 is 0.900 bits per heavy atom. The average molecular weight is 216 g/mol. The third-order valence-corrected chi connectivity index (χ3v) is 2.68. The second-order valence-corrected chi connectivity index (χ2v) is 4.55. The molecule has 0 radical (unpaired) electrons. The van der Waals surface area contributed by atoms with Crippen LogP contribution in [0.3, 0.4) is 0 Å². The van der Waals surface area contributed by atoms with Gasteiger partial charge in [-0.1, -0.05) is 0 Å². The minimum absolute atomic E-state index is 0. The zero-order chi connectivity index (χ0) is 7.71. The Morgan fingerprint density at radius 3 is 1.10 bits per heavy atom. The third kappa shape index (κ3) is 12.2. The summed E-state index contributed by atoms with van der Waals surface area (Å²) in [7, 11) is -9.24. The number of rotatable bonds is 2. The second kappa shape index (κ2) is 4.47. The molecule has 9 heteroatoms. The van der Waals surface area contributed by atoms with E-state index in [0.29, 0.717) is 0 Å². The van der Waals surface area contributed by atoms with Gasteiger partial charge in [-0.15, -0.1) is 0 Å². The third-order valence-electron chi connectivity index (χ3n) is 0.298. The first-order valence-electron chi connectivity index (χ1n) is 1.61. The molecule has 58 valence electrons. The van der Waals surface area contributed by atoms with Crippen LogP contribution in [0, 0.1) is 0 Å². The summed E-state index contributed by atoms with van der Waals surface area (Å²) in [6.45, 7) is 0. The molecule has 0 spiro atoms. The summed E-state index contributed by atoms with van der Waals surface area (Å²) in [6, 6.07) is 0. The molecular weight excluding hydrogens is 211 g/mol. The molecule has 0 saturated heterocycles. The van der Waals surface area contributed by atoms with Gasteiger partial charge in [-0.3, -0.25) is 9.11 Å². The minimum atomic E-state index is -4.62. The molecule has 0 aromatic carbocycles. The topological polar surface area (TPSA) is 109 Å². The van der Waals surface area contributed by atoms with Crippen molar-refractivity contribution in [3.05, 3.63) is 0 Å². The monoisotopic (exact) mass is 216 g/mol.